The second-order valence-electron chi connectivity index (χ2n) is 5.37. The zero-order valence-electron chi connectivity index (χ0n) is 13.7. The van der Waals surface area contributed by atoms with E-state index < -0.39 is 18.2 Å². The lowest BCUT2D eigenvalue weighted by Crippen LogP contribution is -2.24. The number of carbonyl (C=O) groups excluding carboxylic acids is 1. The lowest BCUT2D eigenvalue weighted by Gasteiger charge is -2.07. The molecule has 0 bridgehead atoms. The fourth-order valence-electron chi connectivity index (χ4n) is 2.05. The van der Waals surface area contributed by atoms with E-state index in [-0.39, 0.29) is 24.5 Å². The van der Waals surface area contributed by atoms with Crippen LogP contribution in [0.25, 0.3) is 11.4 Å². The van der Waals surface area contributed by atoms with Gasteiger partial charge < -0.3 is 14.6 Å². The SMILES string of the molecule is O=C(NCc1ccc(-c2noc(C(F)(F)F)n2)cn1)OCc1ccccc1. The number of alkyl carbamates (subject to hydrolysis) is 1. The smallest absolute Gasteiger partial charge is 0.445 e. The molecule has 1 aromatic carbocycles. The first-order chi connectivity index (χ1) is 12.9. The first kappa shape index (κ1) is 18.4. The Balaban J connectivity index is 1.52. The highest BCUT2D eigenvalue weighted by atomic mass is 19.4. The second kappa shape index (κ2) is 7.85. The minimum Gasteiger partial charge on any atom is -0.445 e. The monoisotopic (exact) mass is 378 g/mol. The van der Waals surface area contributed by atoms with Gasteiger partial charge in [-0.2, -0.15) is 18.2 Å². The van der Waals surface area contributed by atoms with E-state index in [1.807, 2.05) is 30.3 Å². The number of benzene rings is 1. The molecule has 2 aromatic heterocycles. The molecule has 0 fully saturated rings. The summed E-state index contributed by atoms with van der Waals surface area (Å²) in [5, 5.41) is 5.80. The topological polar surface area (TPSA) is 90.1 Å². The number of hydrogen-bond acceptors (Lipinski definition) is 6. The van der Waals surface area contributed by atoms with Crippen molar-refractivity contribution in [3.63, 3.8) is 0 Å². The van der Waals surface area contributed by atoms with Crippen LogP contribution in [0, 0.1) is 0 Å². The zero-order chi connectivity index (χ0) is 19.3. The van der Waals surface area contributed by atoms with E-state index >= 15 is 0 Å². The van der Waals surface area contributed by atoms with E-state index in [1.54, 1.807) is 0 Å². The summed E-state index contributed by atoms with van der Waals surface area (Å²) in [5.74, 6) is -1.65. The molecular formula is C17H13F3N4O3. The molecule has 27 heavy (non-hydrogen) atoms. The standard InChI is InChI=1S/C17H13F3N4O3/c18-17(19,20)15-23-14(24-27-15)12-6-7-13(21-8-12)9-22-16(25)26-10-11-4-2-1-3-5-11/h1-8H,9-10H2,(H,22,25). The number of hydrogen-bond donors (Lipinski definition) is 1. The third-order valence-corrected chi connectivity index (χ3v) is 3.38. The van der Waals surface area contributed by atoms with Gasteiger partial charge in [-0.05, 0) is 17.7 Å². The van der Waals surface area contributed by atoms with Crippen molar-refractivity contribution in [2.75, 3.05) is 0 Å². The third kappa shape index (κ3) is 5.03. The number of nitrogens with zero attached hydrogens (tertiary/aromatic N) is 3. The van der Waals surface area contributed by atoms with Crippen molar-refractivity contribution >= 4 is 6.09 Å². The van der Waals surface area contributed by atoms with Crippen LogP contribution in [0.5, 0.6) is 0 Å². The number of amides is 1. The van der Waals surface area contributed by atoms with Gasteiger partial charge in [0, 0.05) is 11.8 Å². The summed E-state index contributed by atoms with van der Waals surface area (Å²) in [4.78, 5) is 19.0. The van der Waals surface area contributed by atoms with Crippen LogP contribution in [0.1, 0.15) is 17.1 Å². The maximum Gasteiger partial charge on any atom is 0.471 e. The Bertz CT molecular complexity index is 896. The zero-order valence-corrected chi connectivity index (χ0v) is 13.7. The van der Waals surface area contributed by atoms with E-state index in [1.165, 1.54) is 18.3 Å². The van der Waals surface area contributed by atoms with Gasteiger partial charge in [-0.25, -0.2) is 4.79 Å². The van der Waals surface area contributed by atoms with Gasteiger partial charge in [0.2, 0.25) is 5.82 Å². The molecule has 2 heterocycles. The van der Waals surface area contributed by atoms with Crippen molar-refractivity contribution < 1.29 is 27.2 Å². The highest BCUT2D eigenvalue weighted by molar-refractivity contribution is 5.67. The normalized spacial score (nSPS) is 11.2. The maximum atomic E-state index is 12.5. The summed E-state index contributed by atoms with van der Waals surface area (Å²) in [6, 6.07) is 12.2. The molecule has 3 aromatic rings. The number of nitrogens with one attached hydrogen (secondary N) is 1. The summed E-state index contributed by atoms with van der Waals surface area (Å²) >= 11 is 0. The summed E-state index contributed by atoms with van der Waals surface area (Å²) in [6.07, 6.45) is -4.03. The van der Waals surface area contributed by atoms with Crippen molar-refractivity contribution in [3.8, 4) is 11.4 Å². The molecule has 1 amide bonds. The molecule has 0 atom stereocenters. The van der Waals surface area contributed by atoms with Crippen molar-refractivity contribution in [2.24, 2.45) is 0 Å². The highest BCUT2D eigenvalue weighted by Crippen LogP contribution is 2.29. The molecule has 0 saturated heterocycles. The number of carbonyl (C=O) groups is 1. The van der Waals surface area contributed by atoms with Crippen LogP contribution in [0.15, 0.2) is 53.2 Å². The van der Waals surface area contributed by atoms with Crippen LogP contribution in [0.2, 0.25) is 0 Å². The minimum atomic E-state index is -4.71. The number of aromatic nitrogens is 3. The Kier molecular flexibility index (Phi) is 5.34. The van der Waals surface area contributed by atoms with E-state index in [0.29, 0.717) is 5.69 Å². The maximum absolute atomic E-state index is 12.5. The fraction of sp³-hybridized carbons (Fsp3) is 0.176. The van der Waals surface area contributed by atoms with Gasteiger partial charge in [0.05, 0.1) is 12.2 Å². The first-order valence-corrected chi connectivity index (χ1v) is 7.72. The molecule has 0 saturated carbocycles. The van der Waals surface area contributed by atoms with E-state index in [4.69, 9.17) is 4.74 Å². The van der Waals surface area contributed by atoms with Gasteiger partial charge in [0.15, 0.2) is 0 Å². The third-order valence-electron chi connectivity index (χ3n) is 3.38. The number of ether oxygens (including phenoxy) is 1. The molecular weight excluding hydrogens is 365 g/mol. The van der Waals surface area contributed by atoms with Gasteiger partial charge >= 0.3 is 18.2 Å². The second-order valence-corrected chi connectivity index (χ2v) is 5.37. The van der Waals surface area contributed by atoms with Crippen LogP contribution in [0.3, 0.4) is 0 Å². The summed E-state index contributed by atoms with van der Waals surface area (Å²) in [5.41, 5.74) is 1.59. The Morgan fingerprint density at radius 1 is 1.15 bits per heavy atom. The van der Waals surface area contributed by atoms with Crippen molar-refractivity contribution in [1.82, 2.24) is 20.4 Å². The van der Waals surface area contributed by atoms with Crippen LogP contribution in [-0.4, -0.2) is 21.2 Å². The van der Waals surface area contributed by atoms with Gasteiger partial charge in [0.25, 0.3) is 0 Å². The Hall–Kier alpha value is -3.43. The van der Waals surface area contributed by atoms with E-state index in [2.05, 4.69) is 25.0 Å². The average Bonchev–Trinajstić information content (AvgIpc) is 3.17. The van der Waals surface area contributed by atoms with Gasteiger partial charge in [-0.3, -0.25) is 4.98 Å². The lowest BCUT2D eigenvalue weighted by molar-refractivity contribution is -0.159. The van der Waals surface area contributed by atoms with Crippen LogP contribution < -0.4 is 5.32 Å². The largest absolute Gasteiger partial charge is 0.471 e. The molecule has 140 valence electrons. The fourth-order valence-corrected chi connectivity index (χ4v) is 2.05. The number of pyridine rings is 1. The molecule has 0 aliphatic heterocycles. The molecule has 0 aliphatic carbocycles. The lowest BCUT2D eigenvalue weighted by atomic mass is 10.2. The Morgan fingerprint density at radius 2 is 1.93 bits per heavy atom. The molecule has 0 spiro atoms. The highest BCUT2D eigenvalue weighted by Gasteiger charge is 2.38. The van der Waals surface area contributed by atoms with E-state index in [0.717, 1.165) is 5.56 Å². The van der Waals surface area contributed by atoms with Crippen molar-refractivity contribution in [2.45, 2.75) is 19.3 Å². The molecule has 0 radical (unpaired) electrons. The van der Waals surface area contributed by atoms with Crippen LogP contribution >= 0.6 is 0 Å². The molecule has 10 heteroatoms. The molecule has 7 nitrogen and oxygen atoms in total. The van der Waals surface area contributed by atoms with Gasteiger partial charge in [-0.1, -0.05) is 35.5 Å². The van der Waals surface area contributed by atoms with Crippen molar-refractivity contribution in [3.05, 3.63) is 65.8 Å². The Morgan fingerprint density at radius 3 is 2.56 bits per heavy atom. The average molecular weight is 378 g/mol. The first-order valence-electron chi connectivity index (χ1n) is 7.72. The number of rotatable bonds is 5. The van der Waals surface area contributed by atoms with Gasteiger partial charge in [-0.15, -0.1) is 0 Å². The molecule has 1 N–H and O–H groups in total. The predicted molar refractivity (Wildman–Crippen MR) is 86.0 cm³/mol. The minimum absolute atomic E-state index is 0.0912. The van der Waals surface area contributed by atoms with Crippen LogP contribution in [-0.2, 0) is 24.1 Å². The Labute approximate surface area is 151 Å². The summed E-state index contributed by atoms with van der Waals surface area (Å²) in [6.45, 7) is 0.229. The number of alkyl halides is 3. The van der Waals surface area contributed by atoms with Crippen LogP contribution in [0.4, 0.5) is 18.0 Å². The quantitative estimate of drug-likeness (QED) is 0.730. The number of halogens is 3. The van der Waals surface area contributed by atoms with Crippen molar-refractivity contribution in [1.29, 1.82) is 0 Å². The summed E-state index contributed by atoms with van der Waals surface area (Å²) in [7, 11) is 0. The molecule has 0 unspecified atom stereocenters. The van der Waals surface area contributed by atoms with E-state index in [9.17, 15) is 18.0 Å². The predicted octanol–water partition coefficient (Wildman–Crippen LogP) is 3.58. The molecule has 0 aliphatic rings. The summed E-state index contributed by atoms with van der Waals surface area (Å²) < 4.78 is 46.6. The van der Waals surface area contributed by atoms with Gasteiger partial charge in [0.1, 0.15) is 6.61 Å². The molecule has 3 rings (SSSR count).